The maximum atomic E-state index is 8.00. The van der Waals surface area contributed by atoms with E-state index in [-0.39, 0.29) is 0 Å². The van der Waals surface area contributed by atoms with E-state index in [0.717, 1.165) is 43.8 Å². The molecule has 0 atom stereocenters. The summed E-state index contributed by atoms with van der Waals surface area (Å²) in [5.74, 6) is 0. The molecule has 3 rings (SSSR count). The fourth-order valence-corrected chi connectivity index (χ4v) is 3.05. The molecule has 3 aromatic rings. The molecule has 2 N–H and O–H groups in total. The Morgan fingerprint density at radius 3 is 2.03 bits per heavy atom. The fourth-order valence-electron chi connectivity index (χ4n) is 2.71. The van der Waals surface area contributed by atoms with Gasteiger partial charge in [-0.1, -0.05) is 60.1 Å². The number of hydrogen-bond donors (Lipinski definition) is 1. The summed E-state index contributed by atoms with van der Waals surface area (Å²) in [6.45, 7) is 12.2. The number of carbonyl (C=O) groups excluding carboxylic acids is 1. The Morgan fingerprint density at radius 1 is 0.867 bits per heavy atom. The SMILES string of the molecule is C=C(c1ccc(C)c(N)c1)N(C)c1ccccc1C.C=O.Cc1cc(Cl)ccc1Cl. The smallest absolute Gasteiger partial charge is 0.106 e. The first-order valence-electron chi connectivity index (χ1n) is 9.26. The second-order valence-electron chi connectivity index (χ2n) is 6.76. The summed E-state index contributed by atoms with van der Waals surface area (Å²) in [6.07, 6.45) is 0. The van der Waals surface area contributed by atoms with Gasteiger partial charge in [0.25, 0.3) is 0 Å². The number of halogens is 2. The molecule has 0 spiro atoms. The lowest BCUT2D eigenvalue weighted by atomic mass is 10.1. The van der Waals surface area contributed by atoms with Crippen LogP contribution in [0.15, 0.2) is 67.2 Å². The average molecular weight is 443 g/mol. The molecule has 3 nitrogen and oxygen atoms in total. The molecular formula is C25H28Cl2N2O. The normalized spacial score (nSPS) is 9.53. The van der Waals surface area contributed by atoms with E-state index in [1.165, 1.54) is 5.56 Å². The van der Waals surface area contributed by atoms with Gasteiger partial charge in [0.1, 0.15) is 6.79 Å². The number of nitrogen functional groups attached to an aromatic ring is 1. The molecule has 0 amide bonds. The first-order chi connectivity index (χ1) is 14.2. The Bertz CT molecular complexity index is 1000. The summed E-state index contributed by atoms with van der Waals surface area (Å²) in [7, 11) is 2.03. The van der Waals surface area contributed by atoms with E-state index in [4.69, 9.17) is 33.7 Å². The van der Waals surface area contributed by atoms with Crippen LogP contribution in [0.2, 0.25) is 10.0 Å². The molecule has 0 fully saturated rings. The molecule has 0 heterocycles. The van der Waals surface area contributed by atoms with E-state index >= 15 is 0 Å². The van der Waals surface area contributed by atoms with Gasteiger partial charge in [0.05, 0.1) is 0 Å². The first kappa shape index (κ1) is 25.3. The Kier molecular flexibility index (Phi) is 10.2. The summed E-state index contributed by atoms with van der Waals surface area (Å²) in [4.78, 5) is 10.1. The molecule has 0 aliphatic carbocycles. The minimum absolute atomic E-state index is 0.733. The van der Waals surface area contributed by atoms with Crippen LogP contribution in [0.4, 0.5) is 11.4 Å². The highest BCUT2D eigenvalue weighted by Gasteiger charge is 2.10. The predicted molar refractivity (Wildman–Crippen MR) is 133 cm³/mol. The lowest BCUT2D eigenvalue weighted by Crippen LogP contribution is -2.15. The largest absolute Gasteiger partial charge is 0.398 e. The average Bonchev–Trinajstić information content (AvgIpc) is 2.74. The Labute approximate surface area is 189 Å². The minimum atomic E-state index is 0.733. The van der Waals surface area contributed by atoms with Crippen LogP contribution in [0.25, 0.3) is 5.70 Å². The molecular weight excluding hydrogens is 415 g/mol. The number of para-hydroxylation sites is 1. The number of nitrogens with two attached hydrogens (primary N) is 1. The number of hydrogen-bond acceptors (Lipinski definition) is 3. The van der Waals surface area contributed by atoms with Gasteiger partial charge in [-0.15, -0.1) is 0 Å². The standard InChI is InChI=1S/C17H20N2.C7H6Cl2.CH2O/c1-12-9-10-15(11-16(12)18)14(3)19(4)17-8-6-5-7-13(17)2;1-5-4-6(8)2-3-7(5)9;1-2/h5-11H,3,18H2,1-2,4H3;2-4H,1H3;1H2. The van der Waals surface area contributed by atoms with Crippen LogP contribution in [0, 0.1) is 20.8 Å². The zero-order chi connectivity index (χ0) is 22.8. The number of anilines is 2. The molecule has 0 bridgehead atoms. The second-order valence-corrected chi connectivity index (χ2v) is 7.60. The van der Waals surface area contributed by atoms with E-state index in [0.29, 0.717) is 0 Å². The van der Waals surface area contributed by atoms with Crippen LogP contribution in [0.1, 0.15) is 22.3 Å². The zero-order valence-electron chi connectivity index (χ0n) is 17.9. The van der Waals surface area contributed by atoms with Gasteiger partial charge in [0, 0.05) is 34.2 Å². The van der Waals surface area contributed by atoms with Crippen LogP contribution >= 0.6 is 23.2 Å². The summed E-state index contributed by atoms with van der Waals surface area (Å²) in [5.41, 5.74) is 13.3. The van der Waals surface area contributed by atoms with Crippen LogP contribution in [0.5, 0.6) is 0 Å². The molecule has 0 saturated carbocycles. The molecule has 0 saturated heterocycles. The number of aryl methyl sites for hydroxylation is 3. The van der Waals surface area contributed by atoms with Gasteiger partial charge in [-0.25, -0.2) is 0 Å². The van der Waals surface area contributed by atoms with Crippen molar-refractivity contribution in [2.45, 2.75) is 20.8 Å². The van der Waals surface area contributed by atoms with Gasteiger partial charge in [-0.05, 0) is 73.4 Å². The third-order valence-corrected chi connectivity index (χ3v) is 5.27. The topological polar surface area (TPSA) is 46.3 Å². The maximum Gasteiger partial charge on any atom is 0.106 e. The van der Waals surface area contributed by atoms with Crippen molar-refractivity contribution < 1.29 is 4.79 Å². The van der Waals surface area contributed by atoms with Crippen LogP contribution in [-0.4, -0.2) is 13.8 Å². The van der Waals surface area contributed by atoms with Gasteiger partial charge >= 0.3 is 0 Å². The molecule has 158 valence electrons. The number of rotatable bonds is 3. The Hall–Kier alpha value is -2.75. The molecule has 30 heavy (non-hydrogen) atoms. The monoisotopic (exact) mass is 442 g/mol. The lowest BCUT2D eigenvalue weighted by molar-refractivity contribution is -0.0979. The third-order valence-electron chi connectivity index (χ3n) is 4.61. The summed E-state index contributed by atoms with van der Waals surface area (Å²) < 4.78 is 0. The fraction of sp³-hybridized carbons (Fsp3) is 0.160. The zero-order valence-corrected chi connectivity index (χ0v) is 19.4. The van der Waals surface area contributed by atoms with Crippen molar-refractivity contribution in [3.05, 3.63) is 99.5 Å². The van der Waals surface area contributed by atoms with Gasteiger partial charge in [-0.2, -0.15) is 0 Å². The number of carbonyl (C=O) groups is 1. The lowest BCUT2D eigenvalue weighted by Gasteiger charge is -2.24. The van der Waals surface area contributed by atoms with E-state index in [1.54, 1.807) is 12.1 Å². The molecule has 0 aliphatic heterocycles. The number of nitrogens with zero attached hydrogens (tertiary/aromatic N) is 1. The van der Waals surface area contributed by atoms with Gasteiger partial charge in [0.2, 0.25) is 0 Å². The molecule has 0 aromatic heterocycles. The van der Waals surface area contributed by atoms with Crippen LogP contribution in [-0.2, 0) is 4.79 Å². The van der Waals surface area contributed by atoms with Crippen molar-refractivity contribution in [2.24, 2.45) is 0 Å². The molecule has 3 aromatic carbocycles. The van der Waals surface area contributed by atoms with Crippen molar-refractivity contribution in [1.29, 1.82) is 0 Å². The minimum Gasteiger partial charge on any atom is -0.398 e. The molecule has 0 aliphatic rings. The Morgan fingerprint density at radius 2 is 1.50 bits per heavy atom. The van der Waals surface area contributed by atoms with E-state index in [9.17, 15) is 0 Å². The highest BCUT2D eigenvalue weighted by molar-refractivity contribution is 6.33. The van der Waals surface area contributed by atoms with Crippen molar-refractivity contribution in [2.75, 3.05) is 17.7 Å². The highest BCUT2D eigenvalue weighted by atomic mass is 35.5. The van der Waals surface area contributed by atoms with Crippen LogP contribution in [0.3, 0.4) is 0 Å². The van der Waals surface area contributed by atoms with Crippen molar-refractivity contribution in [3.63, 3.8) is 0 Å². The van der Waals surface area contributed by atoms with E-state index in [1.807, 2.05) is 58.0 Å². The summed E-state index contributed by atoms with van der Waals surface area (Å²) >= 11 is 11.4. The molecule has 5 heteroatoms. The second kappa shape index (κ2) is 12.1. The van der Waals surface area contributed by atoms with E-state index in [2.05, 4.69) is 36.6 Å². The molecule has 0 radical (unpaired) electrons. The third kappa shape index (κ3) is 6.94. The summed E-state index contributed by atoms with van der Waals surface area (Å²) in [5, 5.41) is 1.50. The van der Waals surface area contributed by atoms with Crippen molar-refractivity contribution >= 4 is 47.1 Å². The molecule has 0 unspecified atom stereocenters. The quantitative estimate of drug-likeness (QED) is 0.439. The number of benzene rings is 3. The van der Waals surface area contributed by atoms with Crippen molar-refractivity contribution in [3.8, 4) is 0 Å². The van der Waals surface area contributed by atoms with Gasteiger partial charge in [-0.3, -0.25) is 0 Å². The Balaban J connectivity index is 0.000000342. The summed E-state index contributed by atoms with van der Waals surface area (Å²) in [6, 6.07) is 19.7. The van der Waals surface area contributed by atoms with Gasteiger partial charge < -0.3 is 15.4 Å². The van der Waals surface area contributed by atoms with Crippen molar-refractivity contribution in [1.82, 2.24) is 0 Å². The maximum absolute atomic E-state index is 8.00. The predicted octanol–water partition coefficient (Wildman–Crippen LogP) is 7.11. The van der Waals surface area contributed by atoms with E-state index < -0.39 is 0 Å². The van der Waals surface area contributed by atoms with Crippen LogP contribution < -0.4 is 10.6 Å². The highest BCUT2D eigenvalue weighted by Crippen LogP contribution is 2.27. The van der Waals surface area contributed by atoms with Gasteiger partial charge in [0.15, 0.2) is 0 Å². The first-order valence-corrected chi connectivity index (χ1v) is 10.0.